The van der Waals surface area contributed by atoms with Gasteiger partial charge in [-0.2, -0.15) is 0 Å². The van der Waals surface area contributed by atoms with Gasteiger partial charge in [0.2, 0.25) is 0 Å². The van der Waals surface area contributed by atoms with Gasteiger partial charge in [-0.3, -0.25) is 0 Å². The third-order valence-corrected chi connectivity index (χ3v) is 3.83. The van der Waals surface area contributed by atoms with E-state index in [1.165, 1.54) is 0 Å². The molecular weight excluding hydrogens is 308 g/mol. The first-order valence-corrected chi connectivity index (χ1v) is 8.59. The standard InChI is InChI=1S/C19H28O5/c1-3-5-15-12-18(22-4-2)6-7-19(15)24-14-16(20)13-23-17-8-10-21-11-9-17/h3,6-7,12,16-17,20H,1,4-5,8-11,13-14H2,2H3. The molecule has 1 N–H and O–H groups in total. The lowest BCUT2D eigenvalue weighted by Crippen LogP contribution is -2.30. The van der Waals surface area contributed by atoms with Crippen LogP contribution >= 0.6 is 0 Å². The molecule has 0 saturated carbocycles. The SMILES string of the molecule is C=CCc1cc(OCC)ccc1OCC(O)COC1CCOCC1. The monoisotopic (exact) mass is 336 g/mol. The first-order chi connectivity index (χ1) is 11.7. The Balaban J connectivity index is 1.82. The Morgan fingerprint density at radius 3 is 2.79 bits per heavy atom. The van der Waals surface area contributed by atoms with E-state index in [2.05, 4.69) is 6.58 Å². The summed E-state index contributed by atoms with van der Waals surface area (Å²) in [6.45, 7) is 8.28. The van der Waals surface area contributed by atoms with Crippen LogP contribution in [0.2, 0.25) is 0 Å². The summed E-state index contributed by atoms with van der Waals surface area (Å²) in [6, 6.07) is 5.69. The van der Waals surface area contributed by atoms with E-state index < -0.39 is 6.10 Å². The number of allylic oxidation sites excluding steroid dienone is 1. The predicted octanol–water partition coefficient (Wildman–Crippen LogP) is 2.75. The smallest absolute Gasteiger partial charge is 0.123 e. The van der Waals surface area contributed by atoms with Gasteiger partial charge in [-0.25, -0.2) is 0 Å². The number of rotatable bonds is 10. The van der Waals surface area contributed by atoms with Gasteiger partial charge in [0.1, 0.15) is 24.2 Å². The molecular formula is C19H28O5. The predicted molar refractivity (Wildman–Crippen MR) is 92.8 cm³/mol. The number of ether oxygens (including phenoxy) is 4. The van der Waals surface area contributed by atoms with Crippen molar-refractivity contribution < 1.29 is 24.1 Å². The van der Waals surface area contributed by atoms with Gasteiger partial charge >= 0.3 is 0 Å². The van der Waals surface area contributed by atoms with E-state index >= 15 is 0 Å². The molecule has 1 heterocycles. The second-order valence-electron chi connectivity index (χ2n) is 5.81. The number of benzene rings is 1. The molecule has 1 fully saturated rings. The molecule has 1 saturated heterocycles. The molecule has 1 aliphatic heterocycles. The van der Waals surface area contributed by atoms with Crippen molar-refractivity contribution in [2.75, 3.05) is 33.0 Å². The first kappa shape index (κ1) is 18.8. The van der Waals surface area contributed by atoms with Crippen molar-refractivity contribution in [3.8, 4) is 11.5 Å². The largest absolute Gasteiger partial charge is 0.494 e. The minimum atomic E-state index is -0.656. The number of hydrogen-bond acceptors (Lipinski definition) is 5. The van der Waals surface area contributed by atoms with E-state index in [1.807, 2.05) is 31.2 Å². The third-order valence-electron chi connectivity index (χ3n) is 3.83. The molecule has 1 aliphatic rings. The molecule has 24 heavy (non-hydrogen) atoms. The Bertz CT molecular complexity index is 497. The highest BCUT2D eigenvalue weighted by atomic mass is 16.5. The fraction of sp³-hybridized carbons (Fsp3) is 0.579. The summed E-state index contributed by atoms with van der Waals surface area (Å²) in [5.41, 5.74) is 0.994. The van der Waals surface area contributed by atoms with Gasteiger partial charge in [0, 0.05) is 18.8 Å². The maximum atomic E-state index is 10.1. The zero-order valence-corrected chi connectivity index (χ0v) is 14.4. The van der Waals surface area contributed by atoms with Crippen molar-refractivity contribution in [1.29, 1.82) is 0 Å². The Hall–Kier alpha value is -1.56. The number of hydrogen-bond donors (Lipinski definition) is 1. The fourth-order valence-electron chi connectivity index (χ4n) is 2.59. The second kappa shape index (κ2) is 10.3. The lowest BCUT2D eigenvalue weighted by molar-refractivity contribution is -0.0659. The Morgan fingerprint density at radius 1 is 1.29 bits per heavy atom. The van der Waals surface area contributed by atoms with Crippen LogP contribution in [0.25, 0.3) is 0 Å². The number of aliphatic hydroxyl groups is 1. The van der Waals surface area contributed by atoms with Crippen molar-refractivity contribution in [2.24, 2.45) is 0 Å². The zero-order valence-electron chi connectivity index (χ0n) is 14.4. The van der Waals surface area contributed by atoms with Gasteiger partial charge in [0.05, 0.1) is 19.3 Å². The molecule has 1 aromatic rings. The molecule has 1 aromatic carbocycles. The summed E-state index contributed by atoms with van der Waals surface area (Å²) >= 11 is 0. The van der Waals surface area contributed by atoms with E-state index in [4.69, 9.17) is 18.9 Å². The van der Waals surface area contributed by atoms with Crippen LogP contribution in [-0.2, 0) is 15.9 Å². The maximum absolute atomic E-state index is 10.1. The normalized spacial score (nSPS) is 16.6. The molecule has 2 rings (SSSR count). The lowest BCUT2D eigenvalue weighted by Gasteiger charge is -2.24. The van der Waals surface area contributed by atoms with Gasteiger partial charge in [0.15, 0.2) is 0 Å². The van der Waals surface area contributed by atoms with Crippen LogP contribution in [0.1, 0.15) is 25.3 Å². The van der Waals surface area contributed by atoms with Gasteiger partial charge in [-0.05, 0) is 44.4 Å². The average Bonchev–Trinajstić information content (AvgIpc) is 2.61. The van der Waals surface area contributed by atoms with E-state index in [1.54, 1.807) is 0 Å². The van der Waals surface area contributed by atoms with E-state index in [-0.39, 0.29) is 19.3 Å². The van der Waals surface area contributed by atoms with Crippen molar-refractivity contribution in [3.63, 3.8) is 0 Å². The number of aliphatic hydroxyl groups excluding tert-OH is 1. The molecule has 0 aromatic heterocycles. The van der Waals surface area contributed by atoms with E-state index in [0.29, 0.717) is 13.0 Å². The highest BCUT2D eigenvalue weighted by molar-refractivity contribution is 5.41. The zero-order chi connectivity index (χ0) is 17.2. The van der Waals surface area contributed by atoms with Crippen LogP contribution in [-0.4, -0.2) is 50.3 Å². The molecule has 1 unspecified atom stereocenters. The molecule has 0 amide bonds. The fourth-order valence-corrected chi connectivity index (χ4v) is 2.59. The van der Waals surface area contributed by atoms with E-state index in [9.17, 15) is 5.11 Å². The van der Waals surface area contributed by atoms with Crippen molar-refractivity contribution in [3.05, 3.63) is 36.4 Å². The van der Waals surface area contributed by atoms with Crippen LogP contribution in [0.4, 0.5) is 0 Å². The highest BCUT2D eigenvalue weighted by Gasteiger charge is 2.16. The topological polar surface area (TPSA) is 57.2 Å². The minimum Gasteiger partial charge on any atom is -0.494 e. The van der Waals surface area contributed by atoms with Gasteiger partial charge in [-0.15, -0.1) is 6.58 Å². The van der Waals surface area contributed by atoms with Crippen LogP contribution < -0.4 is 9.47 Å². The van der Waals surface area contributed by atoms with Crippen LogP contribution in [0, 0.1) is 0 Å². The summed E-state index contributed by atoms with van der Waals surface area (Å²) in [7, 11) is 0. The van der Waals surface area contributed by atoms with Crippen molar-refractivity contribution >= 4 is 0 Å². The molecule has 5 nitrogen and oxygen atoms in total. The summed E-state index contributed by atoms with van der Waals surface area (Å²) in [5, 5.41) is 10.1. The Labute approximate surface area is 144 Å². The molecule has 0 spiro atoms. The molecule has 0 radical (unpaired) electrons. The Kier molecular flexibility index (Phi) is 8.08. The minimum absolute atomic E-state index is 0.176. The van der Waals surface area contributed by atoms with Gasteiger partial charge in [0.25, 0.3) is 0 Å². The molecule has 1 atom stereocenters. The summed E-state index contributed by atoms with van der Waals surface area (Å²) in [4.78, 5) is 0. The highest BCUT2D eigenvalue weighted by Crippen LogP contribution is 2.25. The molecule has 0 aliphatic carbocycles. The lowest BCUT2D eigenvalue weighted by atomic mass is 10.1. The Morgan fingerprint density at radius 2 is 2.08 bits per heavy atom. The quantitative estimate of drug-likeness (QED) is 0.666. The van der Waals surface area contributed by atoms with Crippen molar-refractivity contribution in [1.82, 2.24) is 0 Å². The molecule has 134 valence electrons. The summed E-state index contributed by atoms with van der Waals surface area (Å²) in [5.74, 6) is 1.55. The second-order valence-corrected chi connectivity index (χ2v) is 5.81. The molecule has 0 bridgehead atoms. The maximum Gasteiger partial charge on any atom is 0.123 e. The first-order valence-electron chi connectivity index (χ1n) is 8.59. The summed E-state index contributed by atoms with van der Waals surface area (Å²) < 4.78 is 22.3. The average molecular weight is 336 g/mol. The van der Waals surface area contributed by atoms with Crippen LogP contribution in [0.15, 0.2) is 30.9 Å². The van der Waals surface area contributed by atoms with Crippen LogP contribution in [0.5, 0.6) is 11.5 Å². The van der Waals surface area contributed by atoms with Gasteiger partial charge in [-0.1, -0.05) is 6.08 Å². The molecule has 5 heteroatoms. The van der Waals surface area contributed by atoms with Crippen LogP contribution in [0.3, 0.4) is 0 Å². The van der Waals surface area contributed by atoms with Gasteiger partial charge < -0.3 is 24.1 Å². The van der Waals surface area contributed by atoms with E-state index in [0.717, 1.165) is 43.1 Å². The van der Waals surface area contributed by atoms with Crippen molar-refractivity contribution in [2.45, 2.75) is 38.4 Å². The summed E-state index contributed by atoms with van der Waals surface area (Å²) in [6.07, 6.45) is 3.80. The third kappa shape index (κ3) is 6.15.